The Labute approximate surface area is 105 Å². The predicted molar refractivity (Wildman–Crippen MR) is 60.5 cm³/mol. The van der Waals surface area contributed by atoms with Crippen LogP contribution < -0.4 is 0 Å². The number of cyclic esters (lactones) is 2. The zero-order valence-electron chi connectivity index (χ0n) is 10.5. The molecule has 0 spiro atoms. The summed E-state index contributed by atoms with van der Waals surface area (Å²) in [6.07, 6.45) is 0.613. The Morgan fingerprint density at radius 3 is 2.39 bits per heavy atom. The SMILES string of the molecule is CC1CC(O)(CC=O)CC(=O)O1.CC1COC1=O. The van der Waals surface area contributed by atoms with Crippen molar-refractivity contribution in [3.05, 3.63) is 0 Å². The fourth-order valence-electron chi connectivity index (χ4n) is 1.81. The molecule has 2 saturated heterocycles. The van der Waals surface area contributed by atoms with Crippen molar-refractivity contribution in [1.82, 2.24) is 0 Å². The highest BCUT2D eigenvalue weighted by atomic mass is 16.6. The van der Waals surface area contributed by atoms with E-state index in [1.807, 2.05) is 6.92 Å². The number of hydrogen-bond donors (Lipinski definition) is 1. The van der Waals surface area contributed by atoms with Crippen LogP contribution in [0.3, 0.4) is 0 Å². The number of aldehydes is 1. The molecule has 3 atom stereocenters. The number of aliphatic hydroxyl groups is 1. The summed E-state index contributed by atoms with van der Waals surface area (Å²) in [5.41, 5.74) is -1.17. The second kappa shape index (κ2) is 5.95. The maximum atomic E-state index is 10.9. The van der Waals surface area contributed by atoms with E-state index in [1.54, 1.807) is 6.92 Å². The molecule has 2 aliphatic heterocycles. The minimum atomic E-state index is -1.17. The standard InChI is InChI=1S/C8H12O4.C4H6O2/c1-6-4-8(11,2-3-9)5-7(10)12-6;1-3-2-6-4(3)5/h3,6,11H,2,4-5H2,1H3;3H,2H2,1H3. The summed E-state index contributed by atoms with van der Waals surface area (Å²) in [5.74, 6) is -0.321. The Bertz CT molecular complexity index is 339. The third-order valence-corrected chi connectivity index (χ3v) is 2.81. The Morgan fingerprint density at radius 2 is 2.06 bits per heavy atom. The monoisotopic (exact) mass is 258 g/mol. The average Bonchev–Trinajstić information content (AvgIpc) is 2.25. The molecule has 3 unspecified atom stereocenters. The van der Waals surface area contributed by atoms with Crippen molar-refractivity contribution in [2.24, 2.45) is 5.92 Å². The molecule has 0 amide bonds. The molecule has 0 aromatic carbocycles. The third kappa shape index (κ3) is 4.10. The van der Waals surface area contributed by atoms with E-state index in [4.69, 9.17) is 4.74 Å². The first-order chi connectivity index (χ1) is 8.36. The summed E-state index contributed by atoms with van der Waals surface area (Å²) < 4.78 is 9.22. The van der Waals surface area contributed by atoms with Crippen LogP contribution in [0.2, 0.25) is 0 Å². The maximum absolute atomic E-state index is 10.9. The summed E-state index contributed by atoms with van der Waals surface area (Å²) in [6.45, 7) is 4.18. The summed E-state index contributed by atoms with van der Waals surface area (Å²) in [6, 6.07) is 0. The lowest BCUT2D eigenvalue weighted by Gasteiger charge is -2.33. The molecule has 0 aromatic heterocycles. The number of hydrogen-bond acceptors (Lipinski definition) is 6. The molecule has 2 fully saturated rings. The highest BCUT2D eigenvalue weighted by Crippen LogP contribution is 2.27. The van der Waals surface area contributed by atoms with Crippen LogP contribution in [0.15, 0.2) is 0 Å². The Balaban J connectivity index is 0.000000225. The highest BCUT2D eigenvalue weighted by molar-refractivity contribution is 5.76. The van der Waals surface area contributed by atoms with Gasteiger partial charge in [-0.2, -0.15) is 0 Å². The largest absolute Gasteiger partial charge is 0.464 e. The van der Waals surface area contributed by atoms with Crippen molar-refractivity contribution in [3.8, 4) is 0 Å². The first-order valence-electron chi connectivity index (χ1n) is 5.88. The first-order valence-corrected chi connectivity index (χ1v) is 5.88. The van der Waals surface area contributed by atoms with E-state index in [0.29, 0.717) is 19.3 Å². The van der Waals surface area contributed by atoms with Gasteiger partial charge in [0.15, 0.2) is 0 Å². The lowest BCUT2D eigenvalue weighted by Crippen LogP contribution is -2.42. The summed E-state index contributed by atoms with van der Waals surface area (Å²) in [4.78, 5) is 31.1. The van der Waals surface area contributed by atoms with Gasteiger partial charge in [-0.05, 0) is 13.8 Å². The Hall–Kier alpha value is -1.43. The van der Waals surface area contributed by atoms with Crippen LogP contribution in [0.4, 0.5) is 0 Å². The third-order valence-electron chi connectivity index (χ3n) is 2.81. The predicted octanol–water partition coefficient (Wildman–Crippen LogP) is 0.211. The van der Waals surface area contributed by atoms with Gasteiger partial charge in [-0.15, -0.1) is 0 Å². The smallest absolute Gasteiger partial charge is 0.312 e. The summed E-state index contributed by atoms with van der Waals surface area (Å²) in [7, 11) is 0. The molecule has 0 radical (unpaired) electrons. The molecule has 0 saturated carbocycles. The topological polar surface area (TPSA) is 89.9 Å². The van der Waals surface area contributed by atoms with Crippen molar-refractivity contribution in [2.45, 2.75) is 44.8 Å². The van der Waals surface area contributed by atoms with Gasteiger partial charge in [0.2, 0.25) is 0 Å². The molecule has 102 valence electrons. The van der Waals surface area contributed by atoms with E-state index in [-0.39, 0.29) is 30.8 Å². The van der Waals surface area contributed by atoms with Crippen LogP contribution in [0, 0.1) is 5.92 Å². The molecule has 0 bridgehead atoms. The van der Waals surface area contributed by atoms with Gasteiger partial charge in [0.25, 0.3) is 0 Å². The normalized spacial score (nSPS) is 34.4. The quantitative estimate of drug-likeness (QED) is 0.562. The van der Waals surface area contributed by atoms with Crippen LogP contribution in [-0.4, -0.2) is 41.6 Å². The number of carbonyl (C=O) groups is 3. The minimum Gasteiger partial charge on any atom is -0.464 e. The van der Waals surface area contributed by atoms with E-state index in [1.165, 1.54) is 0 Å². The fraction of sp³-hybridized carbons (Fsp3) is 0.750. The highest BCUT2D eigenvalue weighted by Gasteiger charge is 2.37. The molecule has 2 aliphatic rings. The first kappa shape index (κ1) is 14.6. The van der Waals surface area contributed by atoms with Crippen LogP contribution in [0.5, 0.6) is 0 Å². The number of esters is 2. The molecular weight excluding hydrogens is 240 g/mol. The summed E-state index contributed by atoms with van der Waals surface area (Å²) >= 11 is 0. The molecule has 1 N–H and O–H groups in total. The van der Waals surface area contributed by atoms with Crippen molar-refractivity contribution < 1.29 is 29.0 Å². The summed E-state index contributed by atoms with van der Waals surface area (Å²) in [5, 5.41) is 9.68. The van der Waals surface area contributed by atoms with Gasteiger partial charge in [0.05, 0.1) is 17.9 Å². The second-order valence-corrected chi connectivity index (χ2v) is 4.81. The lowest BCUT2D eigenvalue weighted by molar-refractivity contribution is -0.169. The van der Waals surface area contributed by atoms with E-state index >= 15 is 0 Å². The number of ether oxygens (including phenoxy) is 2. The minimum absolute atomic E-state index is 0.00639. The fourth-order valence-corrected chi connectivity index (χ4v) is 1.81. The average molecular weight is 258 g/mol. The molecule has 18 heavy (non-hydrogen) atoms. The Morgan fingerprint density at radius 1 is 1.44 bits per heavy atom. The van der Waals surface area contributed by atoms with Gasteiger partial charge in [-0.3, -0.25) is 9.59 Å². The van der Waals surface area contributed by atoms with E-state index in [2.05, 4.69) is 4.74 Å². The van der Waals surface area contributed by atoms with Crippen molar-refractivity contribution in [1.29, 1.82) is 0 Å². The molecular formula is C12H18O6. The Kier molecular flexibility index (Phi) is 4.84. The molecule has 0 aliphatic carbocycles. The van der Waals surface area contributed by atoms with E-state index in [9.17, 15) is 19.5 Å². The maximum Gasteiger partial charge on any atom is 0.312 e. The second-order valence-electron chi connectivity index (χ2n) is 4.81. The van der Waals surface area contributed by atoms with E-state index in [0.717, 1.165) is 0 Å². The van der Waals surface area contributed by atoms with Crippen LogP contribution in [0.25, 0.3) is 0 Å². The molecule has 0 aromatic rings. The van der Waals surface area contributed by atoms with Gasteiger partial charge in [-0.1, -0.05) is 0 Å². The van der Waals surface area contributed by atoms with Crippen LogP contribution in [-0.2, 0) is 23.9 Å². The number of carbonyl (C=O) groups excluding carboxylic acids is 3. The van der Waals surface area contributed by atoms with Crippen molar-refractivity contribution >= 4 is 18.2 Å². The molecule has 2 rings (SSSR count). The van der Waals surface area contributed by atoms with Gasteiger partial charge < -0.3 is 19.4 Å². The molecule has 2 heterocycles. The van der Waals surface area contributed by atoms with Crippen molar-refractivity contribution in [3.63, 3.8) is 0 Å². The van der Waals surface area contributed by atoms with Crippen LogP contribution in [0.1, 0.15) is 33.1 Å². The van der Waals surface area contributed by atoms with Gasteiger partial charge >= 0.3 is 11.9 Å². The van der Waals surface area contributed by atoms with Crippen LogP contribution >= 0.6 is 0 Å². The number of rotatable bonds is 2. The molecule has 6 nitrogen and oxygen atoms in total. The zero-order valence-corrected chi connectivity index (χ0v) is 10.5. The lowest BCUT2D eigenvalue weighted by atomic mass is 9.88. The van der Waals surface area contributed by atoms with Gasteiger partial charge in [-0.25, -0.2) is 0 Å². The zero-order chi connectivity index (χ0) is 13.8. The molecule has 6 heteroatoms. The van der Waals surface area contributed by atoms with Gasteiger partial charge in [0, 0.05) is 12.8 Å². The van der Waals surface area contributed by atoms with E-state index < -0.39 is 11.6 Å². The van der Waals surface area contributed by atoms with Gasteiger partial charge in [0.1, 0.15) is 19.0 Å². The van der Waals surface area contributed by atoms with Crippen molar-refractivity contribution in [2.75, 3.05) is 6.61 Å².